The molecule has 0 aromatic heterocycles. The van der Waals surface area contributed by atoms with Crippen LogP contribution in [0.3, 0.4) is 0 Å². The van der Waals surface area contributed by atoms with Crippen molar-refractivity contribution in [2.24, 2.45) is 4.99 Å². The number of dihydropyridines is 1. The molecule has 0 saturated heterocycles. The van der Waals surface area contributed by atoms with E-state index in [1.807, 2.05) is 12.3 Å². The third-order valence-corrected chi connectivity index (χ3v) is 2.77. The van der Waals surface area contributed by atoms with Crippen LogP contribution in [-0.2, 0) is 5.54 Å². The smallest absolute Gasteiger partial charge is 0.0863 e. The van der Waals surface area contributed by atoms with Crippen LogP contribution >= 0.6 is 0 Å². The van der Waals surface area contributed by atoms with E-state index in [1.54, 1.807) is 0 Å². The van der Waals surface area contributed by atoms with E-state index in [-0.39, 0.29) is 5.54 Å². The Balaban J connectivity index is 2.32. The molecule has 0 fully saturated rings. The lowest BCUT2D eigenvalue weighted by Crippen LogP contribution is -2.20. The van der Waals surface area contributed by atoms with Gasteiger partial charge in [-0.05, 0) is 31.4 Å². The Hall–Kier alpha value is -1.37. The summed E-state index contributed by atoms with van der Waals surface area (Å²) >= 11 is 0. The van der Waals surface area contributed by atoms with E-state index in [9.17, 15) is 0 Å². The quantitative estimate of drug-likeness (QED) is 0.636. The zero-order valence-electron chi connectivity index (χ0n) is 8.70. The van der Waals surface area contributed by atoms with Crippen molar-refractivity contribution in [2.75, 3.05) is 0 Å². The average Bonchev–Trinajstić information content (AvgIpc) is 2.24. The summed E-state index contributed by atoms with van der Waals surface area (Å²) in [4.78, 5) is 4.62. The zero-order valence-corrected chi connectivity index (χ0v) is 8.70. The van der Waals surface area contributed by atoms with Crippen LogP contribution in [0.4, 0.5) is 0 Å². The van der Waals surface area contributed by atoms with Gasteiger partial charge in [0.2, 0.25) is 0 Å². The first-order valence-corrected chi connectivity index (χ1v) is 4.98. The van der Waals surface area contributed by atoms with Crippen LogP contribution in [0.1, 0.15) is 25.8 Å². The maximum atomic E-state index is 4.62. The normalized spacial score (nSPS) is 26.0. The second-order valence-electron chi connectivity index (χ2n) is 4.05. The van der Waals surface area contributed by atoms with Crippen LogP contribution in [0.5, 0.6) is 0 Å². The number of allylic oxidation sites excluding steroid dienone is 1. The van der Waals surface area contributed by atoms with Gasteiger partial charge in [0.05, 0.1) is 5.54 Å². The van der Waals surface area contributed by atoms with Crippen LogP contribution < -0.4 is 0 Å². The summed E-state index contributed by atoms with van der Waals surface area (Å²) in [5.74, 6) is 0. The third-order valence-electron chi connectivity index (χ3n) is 2.77. The Labute approximate surface area is 85.2 Å². The maximum Gasteiger partial charge on any atom is 0.0863 e. The van der Waals surface area contributed by atoms with Crippen molar-refractivity contribution in [3.63, 3.8) is 0 Å². The fraction of sp³-hybridized carbons (Fsp3) is 0.308. The van der Waals surface area contributed by atoms with Crippen molar-refractivity contribution in [3.05, 3.63) is 47.5 Å². The van der Waals surface area contributed by atoms with E-state index in [4.69, 9.17) is 0 Å². The second-order valence-corrected chi connectivity index (χ2v) is 4.05. The molecule has 2 rings (SSSR count). The molecule has 0 bridgehead atoms. The molecule has 72 valence electrons. The van der Waals surface area contributed by atoms with Gasteiger partial charge in [0, 0.05) is 6.21 Å². The highest BCUT2D eigenvalue weighted by atomic mass is 14.8. The number of nitrogens with zero attached hydrogens (tertiary/aromatic N) is 1. The lowest BCUT2D eigenvalue weighted by molar-refractivity contribution is 0.502. The highest BCUT2D eigenvalue weighted by Crippen LogP contribution is 2.31. The fourth-order valence-electron chi connectivity index (χ4n) is 1.70. The van der Waals surface area contributed by atoms with Gasteiger partial charge in [0.15, 0.2) is 0 Å². The molecule has 1 nitrogen and oxygen atoms in total. The average molecular weight is 185 g/mol. The molecular weight excluding hydrogens is 170 g/mol. The Kier molecular flexibility index (Phi) is 2.24. The van der Waals surface area contributed by atoms with Gasteiger partial charge in [-0.2, -0.15) is 0 Å². The first kappa shape index (κ1) is 9.20. The predicted octanol–water partition coefficient (Wildman–Crippen LogP) is 3.32. The summed E-state index contributed by atoms with van der Waals surface area (Å²) in [6.45, 7) is 4.27. The molecule has 0 aliphatic carbocycles. The van der Waals surface area contributed by atoms with Crippen LogP contribution in [0.2, 0.25) is 0 Å². The molecule has 1 heteroatoms. The minimum absolute atomic E-state index is 0.0548. The molecule has 1 heterocycles. The van der Waals surface area contributed by atoms with Gasteiger partial charge in [-0.1, -0.05) is 36.4 Å². The van der Waals surface area contributed by atoms with E-state index in [1.165, 1.54) is 11.1 Å². The van der Waals surface area contributed by atoms with Gasteiger partial charge >= 0.3 is 0 Å². The number of hydrogen-bond donors (Lipinski definition) is 0. The van der Waals surface area contributed by atoms with E-state index in [2.05, 4.69) is 49.2 Å². The predicted molar refractivity (Wildman–Crippen MR) is 60.7 cm³/mol. The monoisotopic (exact) mass is 185 g/mol. The first-order valence-electron chi connectivity index (χ1n) is 4.98. The number of aliphatic imine (C=N–C) groups is 1. The van der Waals surface area contributed by atoms with Crippen molar-refractivity contribution in [2.45, 2.75) is 25.8 Å². The summed E-state index contributed by atoms with van der Waals surface area (Å²) in [7, 11) is 0. The van der Waals surface area contributed by atoms with Crippen LogP contribution in [0.25, 0.3) is 0 Å². The molecule has 1 aliphatic rings. The SMILES string of the molecule is CC1=CCC(C)(c2ccccc2)N=C1. The molecule has 0 amide bonds. The van der Waals surface area contributed by atoms with Gasteiger partial charge in [-0.15, -0.1) is 0 Å². The molecule has 1 aliphatic heterocycles. The van der Waals surface area contributed by atoms with Gasteiger partial charge < -0.3 is 0 Å². The van der Waals surface area contributed by atoms with Crippen LogP contribution in [0, 0.1) is 0 Å². The molecule has 1 aromatic rings. The molecule has 0 N–H and O–H groups in total. The summed E-state index contributed by atoms with van der Waals surface area (Å²) in [6.07, 6.45) is 5.22. The number of hydrogen-bond acceptors (Lipinski definition) is 1. The fourth-order valence-corrected chi connectivity index (χ4v) is 1.70. The van der Waals surface area contributed by atoms with Crippen molar-refractivity contribution in [1.82, 2.24) is 0 Å². The minimum atomic E-state index is -0.0548. The number of rotatable bonds is 1. The van der Waals surface area contributed by atoms with Crippen molar-refractivity contribution >= 4 is 6.21 Å². The third kappa shape index (κ3) is 1.63. The molecule has 1 atom stereocenters. The summed E-state index contributed by atoms with van der Waals surface area (Å²) in [5.41, 5.74) is 2.50. The Bertz CT molecular complexity index is 375. The molecule has 1 unspecified atom stereocenters. The number of benzene rings is 1. The molecular formula is C13H15N. The van der Waals surface area contributed by atoms with Crippen molar-refractivity contribution in [1.29, 1.82) is 0 Å². The molecule has 1 aromatic carbocycles. The van der Waals surface area contributed by atoms with Crippen molar-refractivity contribution in [3.8, 4) is 0 Å². The molecule has 0 saturated carbocycles. The maximum absolute atomic E-state index is 4.62. The van der Waals surface area contributed by atoms with Gasteiger partial charge in [-0.25, -0.2) is 0 Å². The van der Waals surface area contributed by atoms with Gasteiger partial charge in [-0.3, -0.25) is 4.99 Å². The van der Waals surface area contributed by atoms with Crippen molar-refractivity contribution < 1.29 is 0 Å². The first-order chi connectivity index (χ1) is 6.71. The molecule has 0 spiro atoms. The summed E-state index contributed by atoms with van der Waals surface area (Å²) < 4.78 is 0. The lowest BCUT2D eigenvalue weighted by atomic mass is 9.87. The Morgan fingerprint density at radius 2 is 1.93 bits per heavy atom. The zero-order chi connectivity index (χ0) is 10.0. The van der Waals surface area contributed by atoms with Gasteiger partial charge in [0.25, 0.3) is 0 Å². The second kappa shape index (κ2) is 3.41. The summed E-state index contributed by atoms with van der Waals surface area (Å²) in [6, 6.07) is 10.5. The minimum Gasteiger partial charge on any atom is -0.281 e. The largest absolute Gasteiger partial charge is 0.281 e. The van der Waals surface area contributed by atoms with Gasteiger partial charge in [0.1, 0.15) is 0 Å². The Morgan fingerprint density at radius 3 is 2.50 bits per heavy atom. The van der Waals surface area contributed by atoms with Crippen LogP contribution in [0.15, 0.2) is 47.0 Å². The molecule has 14 heavy (non-hydrogen) atoms. The standard InChI is InChI=1S/C13H15N/c1-11-8-9-13(2,14-10-11)12-6-4-3-5-7-12/h3-8,10H,9H2,1-2H3. The van der Waals surface area contributed by atoms with E-state index in [0.29, 0.717) is 0 Å². The van der Waals surface area contributed by atoms with Crippen LogP contribution in [-0.4, -0.2) is 6.21 Å². The van der Waals surface area contributed by atoms with E-state index >= 15 is 0 Å². The highest BCUT2D eigenvalue weighted by molar-refractivity contribution is 5.79. The topological polar surface area (TPSA) is 12.4 Å². The lowest BCUT2D eigenvalue weighted by Gasteiger charge is -2.27. The summed E-state index contributed by atoms with van der Waals surface area (Å²) in [5, 5.41) is 0. The Morgan fingerprint density at radius 1 is 1.21 bits per heavy atom. The van der Waals surface area contributed by atoms with E-state index < -0.39 is 0 Å². The highest BCUT2D eigenvalue weighted by Gasteiger charge is 2.25. The molecule has 0 radical (unpaired) electrons. The van der Waals surface area contributed by atoms with E-state index in [0.717, 1.165) is 6.42 Å².